The van der Waals surface area contributed by atoms with Gasteiger partial charge in [-0.2, -0.15) is 4.31 Å². The van der Waals surface area contributed by atoms with Crippen molar-refractivity contribution in [2.75, 3.05) is 31.1 Å². The zero-order chi connectivity index (χ0) is 18.9. The number of piperazine rings is 1. The molecule has 0 bridgehead atoms. The van der Waals surface area contributed by atoms with Crippen molar-refractivity contribution >= 4 is 33.0 Å². The standard InChI is InChI=1S/C17H18ClN3O4S/c1-13-2-5-15(6-3-13)26(24,25)20-10-8-19(9-11-20)16-7-4-14(18)12-17(16)21(22)23/h2-7,12H,8-11H2,1H3. The molecule has 26 heavy (non-hydrogen) atoms. The SMILES string of the molecule is Cc1ccc(S(=O)(=O)N2CCN(c3ccc(Cl)cc3[N+](=O)[O-])CC2)cc1. The molecular weight excluding hydrogens is 378 g/mol. The van der Waals surface area contributed by atoms with Gasteiger partial charge in [-0.25, -0.2) is 8.42 Å². The predicted molar refractivity (Wildman–Crippen MR) is 100 cm³/mol. The summed E-state index contributed by atoms with van der Waals surface area (Å²) >= 11 is 5.85. The molecule has 1 aliphatic rings. The van der Waals surface area contributed by atoms with Gasteiger partial charge in [-0.3, -0.25) is 10.1 Å². The van der Waals surface area contributed by atoms with E-state index in [4.69, 9.17) is 11.6 Å². The maximum atomic E-state index is 12.7. The molecule has 0 atom stereocenters. The first kappa shape index (κ1) is 18.6. The Labute approximate surface area is 157 Å². The molecule has 2 aromatic rings. The quantitative estimate of drug-likeness (QED) is 0.586. The van der Waals surface area contributed by atoms with Crippen LogP contribution in [0.2, 0.25) is 5.02 Å². The van der Waals surface area contributed by atoms with E-state index in [1.165, 1.54) is 10.4 Å². The van der Waals surface area contributed by atoms with Crippen molar-refractivity contribution in [1.29, 1.82) is 0 Å². The highest BCUT2D eigenvalue weighted by atomic mass is 35.5. The number of rotatable bonds is 4. The van der Waals surface area contributed by atoms with Crippen LogP contribution in [0.4, 0.5) is 11.4 Å². The van der Waals surface area contributed by atoms with Crippen LogP contribution < -0.4 is 4.90 Å². The number of hydrogen-bond donors (Lipinski definition) is 0. The van der Waals surface area contributed by atoms with Crippen LogP contribution >= 0.6 is 11.6 Å². The molecule has 1 heterocycles. The van der Waals surface area contributed by atoms with E-state index in [2.05, 4.69) is 0 Å². The number of benzene rings is 2. The summed E-state index contributed by atoms with van der Waals surface area (Å²) in [6.45, 7) is 3.15. The van der Waals surface area contributed by atoms with Crippen LogP contribution in [-0.2, 0) is 10.0 Å². The van der Waals surface area contributed by atoms with Gasteiger partial charge in [0.25, 0.3) is 5.69 Å². The fourth-order valence-electron chi connectivity index (χ4n) is 2.94. The maximum absolute atomic E-state index is 12.7. The van der Waals surface area contributed by atoms with E-state index in [1.54, 1.807) is 36.4 Å². The van der Waals surface area contributed by atoms with Gasteiger partial charge in [0.2, 0.25) is 10.0 Å². The smallest absolute Gasteiger partial charge is 0.294 e. The molecule has 1 saturated heterocycles. The third-order valence-corrected chi connectivity index (χ3v) is 6.52. The van der Waals surface area contributed by atoms with Crippen LogP contribution in [0.1, 0.15) is 5.56 Å². The van der Waals surface area contributed by atoms with E-state index >= 15 is 0 Å². The van der Waals surface area contributed by atoms with E-state index in [9.17, 15) is 18.5 Å². The molecule has 7 nitrogen and oxygen atoms in total. The van der Waals surface area contributed by atoms with Crippen molar-refractivity contribution in [3.8, 4) is 0 Å². The lowest BCUT2D eigenvalue weighted by molar-refractivity contribution is -0.384. The second kappa shape index (κ2) is 7.22. The number of hydrogen-bond acceptors (Lipinski definition) is 5. The first-order chi connectivity index (χ1) is 12.3. The third kappa shape index (κ3) is 3.67. The third-order valence-electron chi connectivity index (χ3n) is 4.37. The van der Waals surface area contributed by atoms with Crippen LogP contribution in [0.15, 0.2) is 47.4 Å². The fourth-order valence-corrected chi connectivity index (χ4v) is 4.53. The summed E-state index contributed by atoms with van der Waals surface area (Å²) in [5, 5.41) is 11.6. The van der Waals surface area contributed by atoms with Crippen LogP contribution in [0.25, 0.3) is 0 Å². The first-order valence-corrected chi connectivity index (χ1v) is 9.86. The van der Waals surface area contributed by atoms with E-state index in [-0.39, 0.29) is 23.7 Å². The number of halogens is 1. The highest BCUT2D eigenvalue weighted by Gasteiger charge is 2.30. The molecule has 3 rings (SSSR count). The lowest BCUT2D eigenvalue weighted by atomic mass is 10.2. The molecule has 0 aliphatic carbocycles. The summed E-state index contributed by atoms with van der Waals surface area (Å²) in [6.07, 6.45) is 0. The second-order valence-electron chi connectivity index (χ2n) is 6.09. The lowest BCUT2D eigenvalue weighted by Gasteiger charge is -2.35. The van der Waals surface area contributed by atoms with Crippen LogP contribution in [0.3, 0.4) is 0 Å². The Morgan fingerprint density at radius 1 is 1.04 bits per heavy atom. The van der Waals surface area contributed by atoms with Gasteiger partial charge in [0.05, 0.1) is 9.82 Å². The van der Waals surface area contributed by atoms with Crippen molar-refractivity contribution < 1.29 is 13.3 Å². The Kier molecular flexibility index (Phi) is 5.17. The van der Waals surface area contributed by atoms with Gasteiger partial charge in [-0.05, 0) is 31.2 Å². The number of anilines is 1. The van der Waals surface area contributed by atoms with Gasteiger partial charge in [0.15, 0.2) is 0 Å². The highest BCUT2D eigenvalue weighted by Crippen LogP contribution is 2.32. The Morgan fingerprint density at radius 3 is 2.23 bits per heavy atom. The lowest BCUT2D eigenvalue weighted by Crippen LogP contribution is -2.48. The summed E-state index contributed by atoms with van der Waals surface area (Å²) in [5.74, 6) is 0. The summed E-state index contributed by atoms with van der Waals surface area (Å²) in [6, 6.07) is 11.2. The molecule has 0 saturated carbocycles. The van der Waals surface area contributed by atoms with Gasteiger partial charge in [0, 0.05) is 37.3 Å². The van der Waals surface area contributed by atoms with Gasteiger partial charge < -0.3 is 4.90 Å². The number of nitrogens with zero attached hydrogens (tertiary/aromatic N) is 3. The van der Waals surface area contributed by atoms with E-state index in [0.29, 0.717) is 23.8 Å². The van der Waals surface area contributed by atoms with E-state index in [1.807, 2.05) is 11.8 Å². The summed E-state index contributed by atoms with van der Waals surface area (Å²) in [5.41, 5.74) is 1.36. The molecular formula is C17H18ClN3O4S. The number of nitro groups is 1. The molecule has 1 fully saturated rings. The molecule has 0 N–H and O–H groups in total. The normalized spacial score (nSPS) is 15.8. The van der Waals surface area contributed by atoms with Crippen molar-refractivity contribution in [2.24, 2.45) is 0 Å². The monoisotopic (exact) mass is 395 g/mol. The predicted octanol–water partition coefficient (Wildman–Crippen LogP) is 3.07. The zero-order valence-corrected chi connectivity index (χ0v) is 15.7. The van der Waals surface area contributed by atoms with Gasteiger partial charge in [0.1, 0.15) is 5.69 Å². The molecule has 138 valence electrons. The molecule has 9 heteroatoms. The summed E-state index contributed by atoms with van der Waals surface area (Å²) < 4.78 is 26.9. The Morgan fingerprint density at radius 2 is 1.65 bits per heavy atom. The summed E-state index contributed by atoms with van der Waals surface area (Å²) in [4.78, 5) is 12.9. The first-order valence-electron chi connectivity index (χ1n) is 8.05. The van der Waals surface area contributed by atoms with Crippen molar-refractivity contribution in [3.05, 3.63) is 63.2 Å². The average molecular weight is 396 g/mol. The molecule has 2 aromatic carbocycles. The minimum atomic E-state index is -3.57. The van der Waals surface area contributed by atoms with E-state index in [0.717, 1.165) is 5.56 Å². The fraction of sp³-hybridized carbons (Fsp3) is 0.294. The minimum absolute atomic E-state index is 0.0765. The number of aryl methyl sites for hydroxylation is 1. The highest BCUT2D eigenvalue weighted by molar-refractivity contribution is 7.89. The average Bonchev–Trinajstić information content (AvgIpc) is 2.62. The maximum Gasteiger partial charge on any atom is 0.294 e. The van der Waals surface area contributed by atoms with Crippen molar-refractivity contribution in [1.82, 2.24) is 4.31 Å². The Hall–Kier alpha value is -2.16. The molecule has 0 aromatic heterocycles. The molecule has 0 unspecified atom stereocenters. The number of sulfonamides is 1. The molecule has 0 radical (unpaired) electrons. The number of nitro benzene ring substituents is 1. The molecule has 0 spiro atoms. The van der Waals surface area contributed by atoms with Crippen LogP contribution in [0.5, 0.6) is 0 Å². The molecule has 0 amide bonds. The zero-order valence-electron chi connectivity index (χ0n) is 14.1. The van der Waals surface area contributed by atoms with Gasteiger partial charge in [-0.1, -0.05) is 29.3 Å². The molecule has 1 aliphatic heterocycles. The minimum Gasteiger partial charge on any atom is -0.363 e. The summed E-state index contributed by atoms with van der Waals surface area (Å²) in [7, 11) is -3.57. The van der Waals surface area contributed by atoms with Gasteiger partial charge >= 0.3 is 0 Å². The largest absolute Gasteiger partial charge is 0.363 e. The van der Waals surface area contributed by atoms with Crippen molar-refractivity contribution in [3.63, 3.8) is 0 Å². The Bertz CT molecular complexity index is 924. The van der Waals surface area contributed by atoms with E-state index < -0.39 is 14.9 Å². The van der Waals surface area contributed by atoms with Crippen molar-refractivity contribution in [2.45, 2.75) is 11.8 Å². The van der Waals surface area contributed by atoms with Gasteiger partial charge in [-0.15, -0.1) is 0 Å². The second-order valence-corrected chi connectivity index (χ2v) is 8.47. The topological polar surface area (TPSA) is 83.8 Å². The van der Waals surface area contributed by atoms with Crippen LogP contribution in [0, 0.1) is 17.0 Å². The van der Waals surface area contributed by atoms with Crippen LogP contribution in [-0.4, -0.2) is 43.8 Å². The Balaban J connectivity index is 1.77.